The van der Waals surface area contributed by atoms with Crippen LogP contribution in [0.2, 0.25) is 0 Å². The van der Waals surface area contributed by atoms with Gasteiger partial charge < -0.3 is 5.32 Å². The van der Waals surface area contributed by atoms with Crippen molar-refractivity contribution < 1.29 is 13.2 Å². The summed E-state index contributed by atoms with van der Waals surface area (Å²) in [7, 11) is 0. The van der Waals surface area contributed by atoms with E-state index in [0.717, 1.165) is 11.5 Å². The molecular weight excluding hydrogens is 247 g/mol. The monoisotopic (exact) mass is 269 g/mol. The Morgan fingerprint density at radius 2 is 1.82 bits per heavy atom. The van der Waals surface area contributed by atoms with Crippen molar-refractivity contribution in [2.24, 2.45) is 5.92 Å². The van der Waals surface area contributed by atoms with Gasteiger partial charge in [-0.25, -0.2) is 0 Å². The Morgan fingerprint density at radius 1 is 1.24 bits per heavy atom. The molecule has 1 aliphatic rings. The first-order valence-corrected chi connectivity index (χ1v) is 7.49. The van der Waals surface area contributed by atoms with Gasteiger partial charge in [-0.2, -0.15) is 24.9 Å². The smallest absolute Gasteiger partial charge is 0.311 e. The minimum atomic E-state index is -3.99. The number of thioether (sulfide) groups is 1. The lowest BCUT2D eigenvalue weighted by atomic mass is 9.85. The van der Waals surface area contributed by atoms with Gasteiger partial charge in [-0.15, -0.1) is 0 Å². The van der Waals surface area contributed by atoms with Crippen LogP contribution in [0.25, 0.3) is 0 Å². The van der Waals surface area contributed by atoms with E-state index in [1.807, 2.05) is 11.8 Å². The molecule has 0 amide bonds. The van der Waals surface area contributed by atoms with E-state index in [9.17, 15) is 13.2 Å². The maximum atomic E-state index is 12.5. The third-order valence-corrected chi connectivity index (χ3v) is 4.43. The van der Waals surface area contributed by atoms with Gasteiger partial charge in [0, 0.05) is 17.8 Å². The first-order valence-electron chi connectivity index (χ1n) is 6.34. The molecule has 102 valence electrons. The molecule has 1 unspecified atom stereocenters. The van der Waals surface area contributed by atoms with Crippen LogP contribution < -0.4 is 5.32 Å². The fraction of sp³-hybridized carbons (Fsp3) is 1.00. The summed E-state index contributed by atoms with van der Waals surface area (Å²) in [6.07, 6.45) is -2.10. The summed E-state index contributed by atoms with van der Waals surface area (Å²) in [5.74, 6) is 1.06. The number of nitrogens with one attached hydrogen (secondary N) is 1. The largest absolute Gasteiger partial charge is 0.391 e. The molecule has 0 bridgehead atoms. The molecule has 1 nitrogen and oxygen atoms in total. The van der Waals surface area contributed by atoms with Gasteiger partial charge in [-0.3, -0.25) is 0 Å². The summed E-state index contributed by atoms with van der Waals surface area (Å²) >= 11 is 1.87. The van der Waals surface area contributed by atoms with Crippen LogP contribution in [0.15, 0.2) is 0 Å². The van der Waals surface area contributed by atoms with Crippen LogP contribution in [0, 0.1) is 5.92 Å². The molecule has 1 atom stereocenters. The third kappa shape index (κ3) is 5.51. The van der Waals surface area contributed by atoms with Gasteiger partial charge in [-0.05, 0) is 38.4 Å². The van der Waals surface area contributed by atoms with Gasteiger partial charge in [0.2, 0.25) is 0 Å². The summed E-state index contributed by atoms with van der Waals surface area (Å²) in [5, 5.41) is 3.44. The van der Waals surface area contributed by atoms with Crippen molar-refractivity contribution in [2.75, 3.05) is 11.5 Å². The van der Waals surface area contributed by atoms with Crippen LogP contribution >= 0.6 is 11.8 Å². The molecule has 0 heterocycles. The Hall–Kier alpha value is 0.100. The molecule has 1 fully saturated rings. The summed E-state index contributed by atoms with van der Waals surface area (Å²) in [5.41, 5.74) is 0. The van der Waals surface area contributed by atoms with Gasteiger partial charge >= 0.3 is 6.18 Å². The highest BCUT2D eigenvalue weighted by Gasteiger charge is 2.41. The average Bonchev–Trinajstić information content (AvgIpc) is 2.26. The molecule has 17 heavy (non-hydrogen) atoms. The van der Waals surface area contributed by atoms with E-state index >= 15 is 0 Å². The molecule has 0 aromatic carbocycles. The predicted octanol–water partition coefficient (Wildman–Crippen LogP) is 3.84. The quantitative estimate of drug-likeness (QED) is 0.814. The molecule has 1 aliphatic carbocycles. The zero-order valence-electron chi connectivity index (χ0n) is 10.5. The first kappa shape index (κ1) is 15.2. The average molecular weight is 269 g/mol. The van der Waals surface area contributed by atoms with Crippen molar-refractivity contribution in [3.63, 3.8) is 0 Å². The standard InChI is InChI=1S/C12H22F3NS/c1-3-17-8-9(2)16-11-6-4-10(5-7-11)12(13,14)15/h9-11,16H,3-8H2,1-2H3. The summed E-state index contributed by atoms with van der Waals surface area (Å²) in [6, 6.07) is 0.674. The van der Waals surface area contributed by atoms with Crippen LogP contribution in [-0.4, -0.2) is 29.8 Å². The molecule has 0 aliphatic heterocycles. The van der Waals surface area contributed by atoms with Gasteiger partial charge in [0.15, 0.2) is 0 Å². The Bertz CT molecular complexity index is 212. The molecule has 0 radical (unpaired) electrons. The molecule has 0 spiro atoms. The van der Waals surface area contributed by atoms with E-state index in [-0.39, 0.29) is 18.9 Å². The molecule has 1 N–H and O–H groups in total. The molecule has 0 saturated heterocycles. The third-order valence-electron chi connectivity index (χ3n) is 3.28. The normalized spacial score (nSPS) is 28.1. The van der Waals surface area contributed by atoms with Crippen molar-refractivity contribution in [3.8, 4) is 0 Å². The summed E-state index contributed by atoms with van der Waals surface area (Å²) in [6.45, 7) is 4.23. The topological polar surface area (TPSA) is 12.0 Å². The minimum absolute atomic E-state index is 0.279. The zero-order chi connectivity index (χ0) is 12.9. The van der Waals surface area contributed by atoms with Gasteiger partial charge in [-0.1, -0.05) is 6.92 Å². The SMILES string of the molecule is CCSCC(C)NC1CCC(C(F)(F)F)CC1. The van der Waals surface area contributed by atoms with Crippen molar-refractivity contribution in [1.82, 2.24) is 5.32 Å². The van der Waals surface area contributed by atoms with Crippen LogP contribution in [0.3, 0.4) is 0 Å². The van der Waals surface area contributed by atoms with Crippen molar-refractivity contribution in [2.45, 2.75) is 57.8 Å². The molecule has 1 rings (SSSR count). The summed E-state index contributed by atoms with van der Waals surface area (Å²) < 4.78 is 37.4. The maximum absolute atomic E-state index is 12.5. The Balaban J connectivity index is 2.23. The van der Waals surface area contributed by atoms with Crippen molar-refractivity contribution in [1.29, 1.82) is 0 Å². The second-order valence-electron chi connectivity index (χ2n) is 4.82. The van der Waals surface area contributed by atoms with Crippen LogP contribution in [0.5, 0.6) is 0 Å². The number of hydrogen-bond donors (Lipinski definition) is 1. The molecule has 5 heteroatoms. The maximum Gasteiger partial charge on any atom is 0.391 e. The predicted molar refractivity (Wildman–Crippen MR) is 67.4 cm³/mol. The molecule has 0 aromatic heterocycles. The van der Waals surface area contributed by atoms with E-state index < -0.39 is 12.1 Å². The molecular formula is C12H22F3NS. The van der Waals surface area contributed by atoms with E-state index in [2.05, 4.69) is 19.2 Å². The van der Waals surface area contributed by atoms with Crippen LogP contribution in [0.1, 0.15) is 39.5 Å². The van der Waals surface area contributed by atoms with Gasteiger partial charge in [0.1, 0.15) is 0 Å². The van der Waals surface area contributed by atoms with Gasteiger partial charge in [0.05, 0.1) is 5.92 Å². The minimum Gasteiger partial charge on any atom is -0.311 e. The highest BCUT2D eigenvalue weighted by Crippen LogP contribution is 2.37. The lowest BCUT2D eigenvalue weighted by Crippen LogP contribution is -2.42. The highest BCUT2D eigenvalue weighted by atomic mass is 32.2. The van der Waals surface area contributed by atoms with E-state index in [0.29, 0.717) is 18.9 Å². The van der Waals surface area contributed by atoms with Crippen LogP contribution in [0.4, 0.5) is 13.2 Å². The second-order valence-corrected chi connectivity index (χ2v) is 6.14. The highest BCUT2D eigenvalue weighted by molar-refractivity contribution is 7.99. The first-order chi connectivity index (χ1) is 7.93. The van der Waals surface area contributed by atoms with Gasteiger partial charge in [0.25, 0.3) is 0 Å². The summed E-state index contributed by atoms with van der Waals surface area (Å²) in [4.78, 5) is 0. The number of hydrogen-bond acceptors (Lipinski definition) is 2. The van der Waals surface area contributed by atoms with Crippen LogP contribution in [-0.2, 0) is 0 Å². The Kier molecular flexibility index (Phi) is 6.13. The fourth-order valence-electron chi connectivity index (χ4n) is 2.33. The van der Waals surface area contributed by atoms with Crippen molar-refractivity contribution in [3.05, 3.63) is 0 Å². The second kappa shape index (κ2) is 6.88. The lowest BCUT2D eigenvalue weighted by molar-refractivity contribution is -0.182. The van der Waals surface area contributed by atoms with Crippen molar-refractivity contribution >= 4 is 11.8 Å². The van der Waals surface area contributed by atoms with E-state index in [1.165, 1.54) is 0 Å². The van der Waals surface area contributed by atoms with E-state index in [4.69, 9.17) is 0 Å². The number of halogens is 3. The fourth-order valence-corrected chi connectivity index (χ4v) is 3.02. The van der Waals surface area contributed by atoms with E-state index in [1.54, 1.807) is 0 Å². The number of rotatable bonds is 5. The molecule has 0 aromatic rings. The lowest BCUT2D eigenvalue weighted by Gasteiger charge is -2.32. The molecule has 1 saturated carbocycles. The Morgan fingerprint density at radius 3 is 2.29 bits per heavy atom. The Labute approximate surface area is 106 Å². The number of alkyl halides is 3. The zero-order valence-corrected chi connectivity index (χ0v) is 11.3.